The van der Waals surface area contributed by atoms with Gasteiger partial charge in [0, 0.05) is 12.1 Å². The molecule has 0 aromatic rings. The molecule has 0 saturated heterocycles. The van der Waals surface area contributed by atoms with E-state index >= 15 is 0 Å². The van der Waals surface area contributed by atoms with Crippen LogP contribution in [0.4, 0.5) is 0 Å². The first kappa shape index (κ1) is 12.4. The number of nitrogens with one attached hydrogen (secondary N) is 1. The van der Waals surface area contributed by atoms with E-state index in [0.29, 0.717) is 6.42 Å². The van der Waals surface area contributed by atoms with Crippen molar-refractivity contribution in [3.63, 3.8) is 0 Å². The molecular formula is C9H20N2O2. The van der Waals surface area contributed by atoms with Gasteiger partial charge in [-0.25, -0.2) is 0 Å². The lowest BCUT2D eigenvalue weighted by molar-refractivity contribution is -0.124. The van der Waals surface area contributed by atoms with Crippen LogP contribution in [0, 0.1) is 0 Å². The van der Waals surface area contributed by atoms with Crippen molar-refractivity contribution in [3.05, 3.63) is 0 Å². The first-order chi connectivity index (χ1) is 5.95. The summed E-state index contributed by atoms with van der Waals surface area (Å²) in [5, 5.41) is 11.6. The van der Waals surface area contributed by atoms with Gasteiger partial charge in [-0.3, -0.25) is 4.79 Å². The van der Waals surface area contributed by atoms with Crippen LogP contribution < -0.4 is 11.1 Å². The van der Waals surface area contributed by atoms with Crippen LogP contribution in [-0.2, 0) is 4.79 Å². The van der Waals surface area contributed by atoms with E-state index in [2.05, 4.69) is 5.32 Å². The van der Waals surface area contributed by atoms with Crippen LogP contribution in [0.2, 0.25) is 0 Å². The number of nitrogens with two attached hydrogens (primary N) is 1. The van der Waals surface area contributed by atoms with Crippen LogP contribution in [0.3, 0.4) is 0 Å². The molecule has 0 aliphatic heterocycles. The summed E-state index contributed by atoms with van der Waals surface area (Å²) in [4.78, 5) is 11.3. The molecule has 13 heavy (non-hydrogen) atoms. The van der Waals surface area contributed by atoms with E-state index in [9.17, 15) is 4.79 Å². The number of carbonyl (C=O) groups is 1. The van der Waals surface area contributed by atoms with Crippen LogP contribution in [0.5, 0.6) is 0 Å². The molecule has 0 aliphatic carbocycles. The molecule has 0 aromatic heterocycles. The van der Waals surface area contributed by atoms with E-state index in [1.54, 1.807) is 6.92 Å². The summed E-state index contributed by atoms with van der Waals surface area (Å²) in [6.45, 7) is 5.59. The van der Waals surface area contributed by atoms with Crippen molar-refractivity contribution < 1.29 is 9.90 Å². The summed E-state index contributed by atoms with van der Waals surface area (Å²) >= 11 is 0. The van der Waals surface area contributed by atoms with Gasteiger partial charge in [0.25, 0.3) is 0 Å². The minimum absolute atomic E-state index is 0.0730. The first-order valence-electron chi connectivity index (χ1n) is 4.63. The van der Waals surface area contributed by atoms with E-state index < -0.39 is 6.04 Å². The molecular weight excluding hydrogens is 168 g/mol. The number of rotatable bonds is 5. The number of aliphatic hydroxyl groups is 1. The highest BCUT2D eigenvalue weighted by Gasteiger charge is 2.24. The van der Waals surface area contributed by atoms with Crippen molar-refractivity contribution in [1.29, 1.82) is 0 Å². The van der Waals surface area contributed by atoms with Crippen molar-refractivity contribution in [2.45, 2.75) is 45.2 Å². The van der Waals surface area contributed by atoms with Gasteiger partial charge in [-0.2, -0.15) is 0 Å². The van der Waals surface area contributed by atoms with Crippen LogP contribution in [-0.4, -0.2) is 29.2 Å². The Labute approximate surface area is 79.5 Å². The third kappa shape index (κ3) is 4.24. The monoisotopic (exact) mass is 188 g/mol. The van der Waals surface area contributed by atoms with E-state index in [1.165, 1.54) is 0 Å². The van der Waals surface area contributed by atoms with Crippen molar-refractivity contribution in [3.8, 4) is 0 Å². The van der Waals surface area contributed by atoms with E-state index in [0.717, 1.165) is 6.42 Å². The van der Waals surface area contributed by atoms with Crippen LogP contribution in [0.1, 0.15) is 33.6 Å². The molecule has 0 radical (unpaired) electrons. The fourth-order valence-electron chi connectivity index (χ4n) is 0.986. The molecule has 0 bridgehead atoms. The fourth-order valence-corrected chi connectivity index (χ4v) is 0.986. The van der Waals surface area contributed by atoms with Gasteiger partial charge in [0.2, 0.25) is 5.91 Å². The number of carbonyl (C=O) groups excluding carboxylic acids is 1. The van der Waals surface area contributed by atoms with Crippen LogP contribution >= 0.6 is 0 Å². The van der Waals surface area contributed by atoms with Crippen LogP contribution in [0.15, 0.2) is 0 Å². The number of hydrogen-bond acceptors (Lipinski definition) is 3. The summed E-state index contributed by atoms with van der Waals surface area (Å²) in [5.41, 5.74) is 5.09. The zero-order valence-electron chi connectivity index (χ0n) is 8.63. The smallest absolute Gasteiger partial charge is 0.237 e. The second-order valence-electron chi connectivity index (χ2n) is 3.67. The molecule has 1 amide bonds. The standard InChI is InChI=1S/C9H20N2O2/c1-4-9(3,5-6-12)11-8(13)7(2)10/h7,12H,4-6,10H2,1-3H3,(H,11,13)/t7-,9?/m0/s1. The van der Waals surface area contributed by atoms with Crippen molar-refractivity contribution >= 4 is 5.91 Å². The lowest BCUT2D eigenvalue weighted by Gasteiger charge is -2.29. The van der Waals surface area contributed by atoms with Crippen molar-refractivity contribution in [2.75, 3.05) is 6.61 Å². The Morgan fingerprint density at radius 1 is 1.69 bits per heavy atom. The average Bonchev–Trinajstić information content (AvgIpc) is 2.04. The maximum absolute atomic E-state index is 11.3. The van der Waals surface area contributed by atoms with Gasteiger partial charge in [0.15, 0.2) is 0 Å². The minimum atomic E-state index is -0.496. The normalized spacial score (nSPS) is 17.6. The predicted molar refractivity (Wildman–Crippen MR) is 52.2 cm³/mol. The maximum Gasteiger partial charge on any atom is 0.237 e. The lowest BCUT2D eigenvalue weighted by atomic mass is 9.94. The minimum Gasteiger partial charge on any atom is -0.396 e. The Balaban J connectivity index is 4.18. The number of aliphatic hydroxyl groups excluding tert-OH is 1. The third-order valence-corrected chi connectivity index (χ3v) is 2.28. The topological polar surface area (TPSA) is 75.3 Å². The van der Waals surface area contributed by atoms with Gasteiger partial charge >= 0.3 is 0 Å². The van der Waals surface area contributed by atoms with E-state index in [-0.39, 0.29) is 18.1 Å². The zero-order valence-corrected chi connectivity index (χ0v) is 8.63. The van der Waals surface area contributed by atoms with Gasteiger partial charge < -0.3 is 16.2 Å². The Hall–Kier alpha value is -0.610. The largest absolute Gasteiger partial charge is 0.396 e. The molecule has 4 heteroatoms. The zero-order chi connectivity index (χ0) is 10.5. The quantitative estimate of drug-likeness (QED) is 0.568. The molecule has 0 spiro atoms. The molecule has 2 atom stereocenters. The molecule has 1 unspecified atom stereocenters. The van der Waals surface area contributed by atoms with E-state index in [4.69, 9.17) is 10.8 Å². The SMILES string of the molecule is CCC(C)(CCO)NC(=O)[C@H](C)N. The summed E-state index contributed by atoms with van der Waals surface area (Å²) in [5.74, 6) is -0.169. The number of amides is 1. The maximum atomic E-state index is 11.3. The molecule has 4 nitrogen and oxygen atoms in total. The molecule has 0 fully saturated rings. The summed E-state index contributed by atoms with van der Waals surface area (Å²) in [7, 11) is 0. The number of hydrogen-bond donors (Lipinski definition) is 3. The van der Waals surface area contributed by atoms with Crippen molar-refractivity contribution in [1.82, 2.24) is 5.32 Å². The summed E-state index contributed by atoms with van der Waals surface area (Å²) in [6, 6.07) is -0.496. The van der Waals surface area contributed by atoms with Gasteiger partial charge in [0.1, 0.15) is 0 Å². The van der Waals surface area contributed by atoms with Gasteiger partial charge in [-0.05, 0) is 26.7 Å². The second kappa shape index (κ2) is 5.19. The van der Waals surface area contributed by atoms with Crippen LogP contribution in [0.25, 0.3) is 0 Å². The van der Waals surface area contributed by atoms with E-state index in [1.807, 2.05) is 13.8 Å². The Morgan fingerprint density at radius 2 is 2.23 bits per heavy atom. The van der Waals surface area contributed by atoms with Gasteiger partial charge in [0.05, 0.1) is 6.04 Å². The molecule has 0 heterocycles. The highest BCUT2D eigenvalue weighted by atomic mass is 16.3. The summed E-state index contributed by atoms with van der Waals surface area (Å²) < 4.78 is 0. The van der Waals surface area contributed by atoms with Gasteiger partial charge in [-0.1, -0.05) is 6.92 Å². The Bertz CT molecular complexity index is 171. The second-order valence-corrected chi connectivity index (χ2v) is 3.67. The Kier molecular flexibility index (Phi) is 4.95. The van der Waals surface area contributed by atoms with Gasteiger partial charge in [-0.15, -0.1) is 0 Å². The highest BCUT2D eigenvalue weighted by Crippen LogP contribution is 2.13. The fraction of sp³-hybridized carbons (Fsp3) is 0.889. The predicted octanol–water partition coefficient (Wildman–Crippen LogP) is 0.000900. The summed E-state index contributed by atoms with van der Waals surface area (Å²) in [6.07, 6.45) is 1.34. The van der Waals surface area contributed by atoms with Crippen molar-refractivity contribution in [2.24, 2.45) is 5.73 Å². The first-order valence-corrected chi connectivity index (χ1v) is 4.63. The molecule has 78 valence electrons. The molecule has 4 N–H and O–H groups in total. The molecule has 0 rings (SSSR count). The Morgan fingerprint density at radius 3 is 2.54 bits per heavy atom. The highest BCUT2D eigenvalue weighted by molar-refractivity contribution is 5.81. The average molecular weight is 188 g/mol. The third-order valence-electron chi connectivity index (χ3n) is 2.28. The molecule has 0 aromatic carbocycles. The lowest BCUT2D eigenvalue weighted by Crippen LogP contribution is -2.51. The molecule has 0 saturated carbocycles. The molecule has 0 aliphatic rings.